The standard InChI is InChI=1S/C21H27BrN6O4S/c1-4-6-17-23-13(3)18-21(30)24-20(25-28(17)18)15-11-14(12-16(22)19(15)29)33(31,32)27-9-7-26(5-2)8-10-27/h11-12,29H,4-10H2,1-3H3,(H,24,25,30). The molecule has 0 saturated carbocycles. The fourth-order valence-corrected chi connectivity index (χ4v) is 6.17. The normalized spacial score (nSPS) is 16.0. The molecule has 33 heavy (non-hydrogen) atoms. The Bertz CT molecular complexity index is 1360. The van der Waals surface area contributed by atoms with Gasteiger partial charge in [-0.3, -0.25) is 4.79 Å². The molecule has 178 valence electrons. The van der Waals surface area contributed by atoms with Crippen LogP contribution in [0.5, 0.6) is 5.75 Å². The van der Waals surface area contributed by atoms with Crippen molar-refractivity contribution in [2.24, 2.45) is 0 Å². The van der Waals surface area contributed by atoms with E-state index in [4.69, 9.17) is 0 Å². The van der Waals surface area contributed by atoms with Crippen LogP contribution in [0.15, 0.2) is 26.3 Å². The summed E-state index contributed by atoms with van der Waals surface area (Å²) in [4.78, 5) is 22.2. The van der Waals surface area contributed by atoms with Crippen LogP contribution in [0.2, 0.25) is 0 Å². The van der Waals surface area contributed by atoms with Gasteiger partial charge in [-0.25, -0.2) is 17.9 Å². The van der Waals surface area contributed by atoms with Crippen LogP contribution in [0.1, 0.15) is 31.8 Å². The predicted octanol–water partition coefficient (Wildman–Crippen LogP) is 2.14. The molecule has 0 amide bonds. The van der Waals surface area contributed by atoms with E-state index in [1.807, 2.05) is 13.8 Å². The van der Waals surface area contributed by atoms with Crippen molar-refractivity contribution in [1.29, 1.82) is 0 Å². The van der Waals surface area contributed by atoms with E-state index in [2.05, 4.69) is 35.9 Å². The Labute approximate surface area is 200 Å². The molecule has 1 aliphatic heterocycles. The highest BCUT2D eigenvalue weighted by atomic mass is 79.9. The van der Waals surface area contributed by atoms with Crippen molar-refractivity contribution in [3.63, 3.8) is 0 Å². The maximum Gasteiger partial charge on any atom is 0.277 e. The maximum atomic E-state index is 13.3. The third kappa shape index (κ3) is 4.32. The molecule has 3 aromatic rings. The third-order valence-electron chi connectivity index (χ3n) is 5.92. The molecule has 12 heteroatoms. The number of phenols is 1. The second kappa shape index (κ2) is 9.16. The number of halogens is 1. The molecule has 1 saturated heterocycles. The highest BCUT2D eigenvalue weighted by molar-refractivity contribution is 9.10. The molecule has 2 aromatic heterocycles. The van der Waals surface area contributed by atoms with Crippen molar-refractivity contribution < 1.29 is 13.5 Å². The van der Waals surface area contributed by atoms with E-state index in [9.17, 15) is 18.3 Å². The first-order valence-corrected chi connectivity index (χ1v) is 13.1. The lowest BCUT2D eigenvalue weighted by Crippen LogP contribution is -2.48. The van der Waals surface area contributed by atoms with E-state index in [0.717, 1.165) is 13.0 Å². The van der Waals surface area contributed by atoms with Gasteiger partial charge in [-0.05, 0) is 48.0 Å². The number of fused-ring (bicyclic) bond motifs is 1. The summed E-state index contributed by atoms with van der Waals surface area (Å²) in [6.07, 6.45) is 1.44. The van der Waals surface area contributed by atoms with E-state index in [1.165, 1.54) is 21.0 Å². The molecule has 2 N–H and O–H groups in total. The van der Waals surface area contributed by atoms with Crippen molar-refractivity contribution in [3.8, 4) is 17.1 Å². The van der Waals surface area contributed by atoms with Gasteiger partial charge < -0.3 is 15.0 Å². The smallest absolute Gasteiger partial charge is 0.277 e. The van der Waals surface area contributed by atoms with Gasteiger partial charge >= 0.3 is 0 Å². The third-order valence-corrected chi connectivity index (χ3v) is 8.41. The number of benzene rings is 1. The van der Waals surface area contributed by atoms with E-state index in [1.54, 1.807) is 6.92 Å². The lowest BCUT2D eigenvalue weighted by Gasteiger charge is -2.33. The molecule has 0 unspecified atom stereocenters. The number of nitrogens with one attached hydrogen (secondary N) is 1. The van der Waals surface area contributed by atoms with E-state index in [-0.39, 0.29) is 26.5 Å². The Morgan fingerprint density at radius 1 is 1.18 bits per heavy atom. The quantitative estimate of drug-likeness (QED) is 0.492. The highest BCUT2D eigenvalue weighted by Crippen LogP contribution is 2.37. The minimum absolute atomic E-state index is 0.0189. The fraction of sp³-hybridized carbons (Fsp3) is 0.476. The summed E-state index contributed by atoms with van der Waals surface area (Å²) in [5, 5.41) is 15.2. The van der Waals surface area contributed by atoms with Gasteiger partial charge in [0.1, 0.15) is 11.6 Å². The Kier molecular flexibility index (Phi) is 6.63. The minimum atomic E-state index is -3.80. The van der Waals surface area contributed by atoms with Crippen LogP contribution in [-0.4, -0.2) is 75.0 Å². The summed E-state index contributed by atoms with van der Waals surface area (Å²) in [6.45, 7) is 8.76. The van der Waals surface area contributed by atoms with Gasteiger partial charge in [0.2, 0.25) is 10.0 Å². The second-order valence-corrected chi connectivity index (χ2v) is 10.9. The summed E-state index contributed by atoms with van der Waals surface area (Å²) < 4.78 is 29.8. The highest BCUT2D eigenvalue weighted by Gasteiger charge is 2.30. The zero-order valence-electron chi connectivity index (χ0n) is 18.8. The minimum Gasteiger partial charge on any atom is -0.506 e. The van der Waals surface area contributed by atoms with Crippen LogP contribution in [0.3, 0.4) is 0 Å². The van der Waals surface area contributed by atoms with Gasteiger partial charge in [0.15, 0.2) is 11.3 Å². The van der Waals surface area contributed by atoms with Crippen LogP contribution < -0.4 is 5.56 Å². The van der Waals surface area contributed by atoms with Crippen LogP contribution >= 0.6 is 15.9 Å². The topological polar surface area (TPSA) is 124 Å². The molecule has 0 aliphatic carbocycles. The van der Waals surface area contributed by atoms with Gasteiger partial charge in [-0.2, -0.15) is 4.31 Å². The summed E-state index contributed by atoms with van der Waals surface area (Å²) in [5.41, 5.74) is 0.597. The zero-order chi connectivity index (χ0) is 23.9. The Hall–Kier alpha value is -2.28. The molecule has 1 aliphatic rings. The average Bonchev–Trinajstić information content (AvgIpc) is 3.11. The number of aryl methyl sites for hydroxylation is 2. The molecule has 10 nitrogen and oxygen atoms in total. The molecule has 1 aromatic carbocycles. The molecule has 1 fully saturated rings. The van der Waals surface area contributed by atoms with Crippen molar-refractivity contribution in [2.75, 3.05) is 32.7 Å². The number of aromatic nitrogens is 4. The summed E-state index contributed by atoms with van der Waals surface area (Å²) in [7, 11) is -3.80. The lowest BCUT2D eigenvalue weighted by molar-refractivity contribution is 0.196. The molecule has 0 bridgehead atoms. The number of phenolic OH excluding ortho intramolecular Hbond substituents is 1. The predicted molar refractivity (Wildman–Crippen MR) is 128 cm³/mol. The molecule has 0 atom stereocenters. The summed E-state index contributed by atoms with van der Waals surface area (Å²) >= 11 is 3.26. The van der Waals surface area contributed by atoms with Crippen LogP contribution in [0.25, 0.3) is 16.9 Å². The number of H-pyrrole nitrogens is 1. The molecule has 0 radical (unpaired) electrons. The molecular formula is C21H27BrN6O4S. The maximum absolute atomic E-state index is 13.3. The summed E-state index contributed by atoms with van der Waals surface area (Å²) in [6, 6.07) is 2.73. The number of aromatic amines is 1. The molecular weight excluding hydrogens is 512 g/mol. The SMILES string of the molecule is CCCc1nc(C)c2c(=O)[nH]c(-c3cc(S(=O)(=O)N4CCN(CC)CC4)cc(Br)c3O)nn12. The number of rotatable bonds is 6. The van der Waals surface area contributed by atoms with Gasteiger partial charge in [-0.1, -0.05) is 13.8 Å². The number of hydrogen-bond acceptors (Lipinski definition) is 7. The van der Waals surface area contributed by atoms with Crippen molar-refractivity contribution in [2.45, 2.75) is 38.5 Å². The average molecular weight is 539 g/mol. The van der Waals surface area contributed by atoms with Crippen molar-refractivity contribution in [1.82, 2.24) is 28.8 Å². The van der Waals surface area contributed by atoms with Gasteiger partial charge in [0, 0.05) is 32.6 Å². The fourth-order valence-electron chi connectivity index (χ4n) is 4.08. The van der Waals surface area contributed by atoms with Gasteiger partial charge in [0.05, 0.1) is 20.6 Å². The first-order valence-electron chi connectivity index (χ1n) is 10.9. The van der Waals surface area contributed by atoms with Crippen LogP contribution in [-0.2, 0) is 16.4 Å². The number of sulfonamides is 1. The number of aromatic hydroxyl groups is 1. The van der Waals surface area contributed by atoms with E-state index in [0.29, 0.717) is 49.6 Å². The van der Waals surface area contributed by atoms with E-state index >= 15 is 0 Å². The Morgan fingerprint density at radius 3 is 2.52 bits per heavy atom. The first-order chi connectivity index (χ1) is 15.7. The summed E-state index contributed by atoms with van der Waals surface area (Å²) in [5.74, 6) is 0.489. The largest absolute Gasteiger partial charge is 0.506 e. The Balaban J connectivity index is 1.82. The first kappa shape index (κ1) is 23.9. The number of likely N-dealkylation sites (N-methyl/N-ethyl adjacent to an activating group) is 1. The lowest BCUT2D eigenvalue weighted by atomic mass is 10.2. The van der Waals surface area contributed by atoms with Crippen LogP contribution in [0, 0.1) is 6.92 Å². The van der Waals surface area contributed by atoms with Gasteiger partial charge in [-0.15, -0.1) is 5.10 Å². The zero-order valence-corrected chi connectivity index (χ0v) is 21.2. The van der Waals surface area contributed by atoms with Crippen LogP contribution in [0.4, 0.5) is 0 Å². The number of hydrogen-bond donors (Lipinski definition) is 2. The van der Waals surface area contributed by atoms with Crippen molar-refractivity contribution in [3.05, 3.63) is 38.5 Å². The Morgan fingerprint density at radius 2 is 1.88 bits per heavy atom. The van der Waals surface area contributed by atoms with Crippen molar-refractivity contribution >= 4 is 31.5 Å². The number of piperazine rings is 1. The van der Waals surface area contributed by atoms with E-state index < -0.39 is 15.6 Å². The molecule has 4 rings (SSSR count). The molecule has 3 heterocycles. The number of imidazole rings is 1. The molecule has 0 spiro atoms. The monoisotopic (exact) mass is 538 g/mol. The van der Waals surface area contributed by atoms with Gasteiger partial charge in [0.25, 0.3) is 5.56 Å². The number of nitrogens with zero attached hydrogens (tertiary/aromatic N) is 5. The second-order valence-electron chi connectivity index (χ2n) is 8.07.